The highest BCUT2D eigenvalue weighted by molar-refractivity contribution is 7.26. The van der Waals surface area contributed by atoms with Gasteiger partial charge < -0.3 is 13.8 Å². The first-order valence-electron chi connectivity index (χ1n) is 22.9. The van der Waals surface area contributed by atoms with Crippen molar-refractivity contribution in [1.29, 1.82) is 0 Å². The van der Waals surface area contributed by atoms with Gasteiger partial charge in [-0.3, -0.25) is 0 Å². The third kappa shape index (κ3) is 4.63. The molecule has 0 amide bonds. The molecule has 5 heterocycles. The van der Waals surface area contributed by atoms with E-state index in [4.69, 9.17) is 4.42 Å². The summed E-state index contributed by atoms with van der Waals surface area (Å²) in [6.07, 6.45) is 0. The van der Waals surface area contributed by atoms with Crippen LogP contribution >= 0.6 is 11.3 Å². The third-order valence-electron chi connectivity index (χ3n) is 15.3. The van der Waals surface area contributed by atoms with E-state index in [-0.39, 0.29) is 23.1 Å². The summed E-state index contributed by atoms with van der Waals surface area (Å²) in [7, 11) is 0. The molecule has 0 fully saturated rings. The molecule has 0 unspecified atom stereocenters. The predicted octanol–water partition coefficient (Wildman–Crippen LogP) is 15.2. The lowest BCUT2D eigenvalue weighted by Gasteiger charge is -2.42. The van der Waals surface area contributed by atoms with Gasteiger partial charge in [0.2, 0.25) is 0 Å². The lowest BCUT2D eigenvalue weighted by atomic mass is 9.44. The van der Waals surface area contributed by atoms with E-state index in [1.165, 1.54) is 114 Å². The van der Waals surface area contributed by atoms with Crippen LogP contribution in [0.2, 0.25) is 0 Å². The summed E-state index contributed by atoms with van der Waals surface area (Å²) >= 11 is 1.91. The van der Waals surface area contributed by atoms with Crippen molar-refractivity contribution in [1.82, 2.24) is 4.57 Å². The second-order valence-corrected chi connectivity index (χ2v) is 22.4. The molecule has 8 aromatic carbocycles. The first kappa shape index (κ1) is 36.9. The normalized spacial score (nSPS) is 14.9. The number of thiophene rings is 1. The maximum atomic E-state index is 6.90. The van der Waals surface area contributed by atoms with E-state index < -0.39 is 0 Å². The first-order valence-corrected chi connectivity index (χ1v) is 23.7. The monoisotopic (exact) mass is 842 g/mol. The van der Waals surface area contributed by atoms with E-state index in [0.717, 1.165) is 21.9 Å². The van der Waals surface area contributed by atoms with Gasteiger partial charge in [-0.25, -0.2) is 0 Å². The third-order valence-corrected chi connectivity index (χ3v) is 16.4. The zero-order valence-electron chi connectivity index (χ0n) is 37.6. The minimum atomic E-state index is -0.104. The van der Waals surface area contributed by atoms with Crippen LogP contribution in [0.1, 0.15) is 77.6 Å². The van der Waals surface area contributed by atoms with Gasteiger partial charge in [-0.1, -0.05) is 146 Å². The molecular weight excluding hydrogens is 796 g/mol. The Morgan fingerprint density at radius 3 is 2.09 bits per heavy atom. The van der Waals surface area contributed by atoms with Crippen molar-refractivity contribution in [2.24, 2.45) is 0 Å². The summed E-state index contributed by atoms with van der Waals surface area (Å²) in [5.74, 6) is 0. The highest BCUT2D eigenvalue weighted by atomic mass is 32.1. The van der Waals surface area contributed by atoms with Gasteiger partial charge >= 0.3 is 6.85 Å². The molecule has 3 nitrogen and oxygen atoms in total. The summed E-state index contributed by atoms with van der Waals surface area (Å²) in [4.78, 5) is 2.65. The predicted molar refractivity (Wildman–Crippen MR) is 275 cm³/mol. The number of anilines is 2. The molecule has 5 heteroatoms. The molecule has 2 aliphatic heterocycles. The smallest absolute Gasteiger partial charge is 0.333 e. The van der Waals surface area contributed by atoms with Crippen molar-refractivity contribution in [3.8, 4) is 27.9 Å². The number of fused-ring (bicyclic) bond motifs is 18. The standard InChI is InChI=1S/C59H47BN2OS/c1-57(2,3)32-17-20-34(21-18-32)62-47-30-50-41(35-22-19-33(58(4,5)6)27-49(35)63-50)28-40(47)37-23-24-39-54-46(26-25-44-53(54)38-14-9-11-15-43(38)59(44,7)8)61-48-31-52-42(36-13-10-12-16-51(36)64-52)29-45(48)60(62)55(37)56(39)61/h9-31H,1-8H3. The van der Waals surface area contributed by atoms with Gasteiger partial charge in [0, 0.05) is 75.8 Å². The summed E-state index contributed by atoms with van der Waals surface area (Å²) in [5, 5.41) is 7.63. The highest BCUT2D eigenvalue weighted by Crippen LogP contribution is 2.55. The van der Waals surface area contributed by atoms with E-state index in [2.05, 4.69) is 204 Å². The van der Waals surface area contributed by atoms with E-state index in [1.54, 1.807) is 0 Å². The largest absolute Gasteiger partial charge is 0.456 e. The molecule has 0 radical (unpaired) electrons. The molecule has 0 spiro atoms. The Bertz CT molecular complexity index is 3900. The highest BCUT2D eigenvalue weighted by Gasteiger charge is 2.46. The number of hydrogen-bond donors (Lipinski definition) is 0. The minimum Gasteiger partial charge on any atom is -0.456 e. The molecule has 3 aromatic heterocycles. The topological polar surface area (TPSA) is 21.3 Å². The number of aromatic nitrogens is 1. The molecule has 0 atom stereocenters. The fourth-order valence-corrected chi connectivity index (χ4v) is 13.2. The van der Waals surface area contributed by atoms with Gasteiger partial charge in [-0.15, -0.1) is 11.3 Å². The Morgan fingerprint density at radius 1 is 0.547 bits per heavy atom. The molecule has 64 heavy (non-hydrogen) atoms. The van der Waals surface area contributed by atoms with Crippen LogP contribution in [0.3, 0.4) is 0 Å². The molecule has 308 valence electrons. The van der Waals surface area contributed by atoms with E-state index in [1.807, 2.05) is 11.3 Å². The van der Waals surface area contributed by atoms with Crippen molar-refractivity contribution < 1.29 is 4.42 Å². The summed E-state index contributed by atoms with van der Waals surface area (Å²) in [6, 6.07) is 53.9. The number of benzene rings is 8. The second-order valence-electron chi connectivity index (χ2n) is 21.3. The number of nitrogens with zero attached hydrogens (tertiary/aromatic N) is 2. The molecule has 11 aromatic rings. The number of furan rings is 1. The summed E-state index contributed by atoms with van der Waals surface area (Å²) < 4.78 is 12.2. The molecule has 0 N–H and O–H groups in total. The maximum absolute atomic E-state index is 6.90. The Hall–Kier alpha value is -6.56. The van der Waals surface area contributed by atoms with Gasteiger partial charge in [-0.05, 0) is 103 Å². The average Bonchev–Trinajstić information content (AvgIpc) is 4.00. The molecule has 1 aliphatic carbocycles. The summed E-state index contributed by atoms with van der Waals surface area (Å²) in [6.45, 7) is 18.4. The van der Waals surface area contributed by atoms with E-state index in [0.29, 0.717) is 0 Å². The van der Waals surface area contributed by atoms with Crippen LogP contribution in [-0.2, 0) is 16.2 Å². The van der Waals surface area contributed by atoms with E-state index in [9.17, 15) is 0 Å². The van der Waals surface area contributed by atoms with Crippen molar-refractivity contribution >= 4 is 104 Å². The molecule has 3 aliphatic rings. The Balaban J connectivity index is 1.16. The van der Waals surface area contributed by atoms with Crippen LogP contribution in [-0.4, -0.2) is 11.4 Å². The van der Waals surface area contributed by atoms with Crippen LogP contribution in [0.4, 0.5) is 11.4 Å². The molecule has 0 saturated heterocycles. The molecule has 0 bridgehead atoms. The minimum absolute atomic E-state index is 0.0121. The van der Waals surface area contributed by atoms with Crippen LogP contribution in [0, 0.1) is 0 Å². The fraction of sp³-hybridized carbons (Fsp3) is 0.186. The van der Waals surface area contributed by atoms with Crippen molar-refractivity contribution in [3.05, 3.63) is 162 Å². The zero-order valence-corrected chi connectivity index (χ0v) is 38.4. The fourth-order valence-electron chi connectivity index (χ4n) is 12.0. The SMILES string of the molecule is CC(C)(C)c1ccc(N2B3c4cc5c(cc4-n4c6ccc7c(c6c6ccc(c3c64)-c3cc4c(cc32)oc2cc(C(C)(C)C)ccc24)-c2ccccc2C7(C)C)sc2ccccc25)cc1. The lowest BCUT2D eigenvalue weighted by Crippen LogP contribution is -2.60. The van der Waals surface area contributed by atoms with Gasteiger partial charge in [-0.2, -0.15) is 0 Å². The molecule has 14 rings (SSSR count). The lowest BCUT2D eigenvalue weighted by molar-refractivity contribution is 0.587. The van der Waals surface area contributed by atoms with Crippen molar-refractivity contribution in [2.45, 2.75) is 71.6 Å². The molecule has 0 saturated carbocycles. The zero-order chi connectivity index (χ0) is 43.3. The molecular formula is C59H47BN2OS. The Morgan fingerprint density at radius 2 is 1.28 bits per heavy atom. The second kappa shape index (κ2) is 12.0. The van der Waals surface area contributed by atoms with Gasteiger partial charge in [0.1, 0.15) is 11.2 Å². The summed E-state index contributed by atoms with van der Waals surface area (Å²) in [5.41, 5.74) is 21.4. The van der Waals surface area contributed by atoms with Gasteiger partial charge in [0.05, 0.1) is 11.0 Å². The Kier molecular flexibility index (Phi) is 6.89. The number of rotatable bonds is 1. The first-order chi connectivity index (χ1) is 30.8. The van der Waals surface area contributed by atoms with Crippen LogP contribution in [0.5, 0.6) is 0 Å². The van der Waals surface area contributed by atoms with Crippen molar-refractivity contribution in [2.75, 3.05) is 4.81 Å². The van der Waals surface area contributed by atoms with Gasteiger partial charge in [0.25, 0.3) is 0 Å². The van der Waals surface area contributed by atoms with Crippen LogP contribution < -0.4 is 15.7 Å². The average molecular weight is 843 g/mol. The number of hydrogen-bond acceptors (Lipinski definition) is 3. The van der Waals surface area contributed by atoms with Gasteiger partial charge in [0.15, 0.2) is 0 Å². The maximum Gasteiger partial charge on any atom is 0.333 e. The van der Waals surface area contributed by atoms with Crippen molar-refractivity contribution in [3.63, 3.8) is 0 Å². The Labute approximate surface area is 377 Å². The van der Waals surface area contributed by atoms with Crippen LogP contribution in [0.15, 0.2) is 144 Å². The van der Waals surface area contributed by atoms with Crippen LogP contribution in [0.25, 0.3) is 91.9 Å². The van der Waals surface area contributed by atoms with E-state index >= 15 is 0 Å². The quantitative estimate of drug-likeness (QED) is 0.154.